The van der Waals surface area contributed by atoms with Crippen molar-refractivity contribution < 1.29 is 8.42 Å². The minimum absolute atomic E-state index is 0.0578. The molecule has 0 bridgehead atoms. The molecule has 0 saturated heterocycles. The van der Waals surface area contributed by atoms with Crippen LogP contribution in [0, 0.1) is 0 Å². The van der Waals surface area contributed by atoms with E-state index >= 15 is 0 Å². The van der Waals surface area contributed by atoms with Gasteiger partial charge in [-0.25, -0.2) is 18.4 Å². The van der Waals surface area contributed by atoms with Crippen molar-refractivity contribution in [1.29, 1.82) is 0 Å². The first-order valence-corrected chi connectivity index (χ1v) is 12.6. The Kier molecular flexibility index (Phi) is 6.99. The van der Waals surface area contributed by atoms with Gasteiger partial charge in [-0.1, -0.05) is 32.9 Å². The molecule has 0 aliphatic carbocycles. The topological polar surface area (TPSA) is 84.0 Å². The summed E-state index contributed by atoms with van der Waals surface area (Å²) in [5.41, 5.74) is 2.91. The molecule has 2 aromatic carbocycles. The molecule has 0 atom stereocenters. The second-order valence-corrected chi connectivity index (χ2v) is 10.2. The van der Waals surface area contributed by atoms with E-state index in [2.05, 4.69) is 46.6 Å². The van der Waals surface area contributed by atoms with Crippen molar-refractivity contribution in [3.8, 4) is 0 Å². The average molecular weight is 443 g/mol. The first kappa shape index (κ1) is 22.1. The third kappa shape index (κ3) is 5.31. The van der Waals surface area contributed by atoms with Gasteiger partial charge in [0.1, 0.15) is 18.0 Å². The van der Waals surface area contributed by atoms with Gasteiger partial charge >= 0.3 is 0 Å². The molecule has 6 nitrogen and oxygen atoms in total. The zero-order chi connectivity index (χ0) is 21.7. The van der Waals surface area contributed by atoms with Gasteiger partial charge in [0.25, 0.3) is 0 Å². The first-order valence-electron chi connectivity index (χ1n) is 9.69. The van der Waals surface area contributed by atoms with Gasteiger partial charge in [-0.15, -0.1) is 11.8 Å². The summed E-state index contributed by atoms with van der Waals surface area (Å²) >= 11 is 1.54. The fourth-order valence-corrected chi connectivity index (χ4v) is 4.32. The summed E-state index contributed by atoms with van der Waals surface area (Å²) < 4.78 is 24.5. The molecule has 0 spiro atoms. The van der Waals surface area contributed by atoms with Crippen molar-refractivity contribution in [3.63, 3.8) is 0 Å². The van der Waals surface area contributed by atoms with Crippen LogP contribution in [0.3, 0.4) is 0 Å². The van der Waals surface area contributed by atoms with Crippen LogP contribution in [0.1, 0.15) is 32.3 Å². The van der Waals surface area contributed by atoms with Crippen LogP contribution in [-0.4, -0.2) is 30.4 Å². The third-order valence-electron chi connectivity index (χ3n) is 4.69. The Labute approximate surface area is 182 Å². The molecule has 0 amide bonds. The number of hydrogen-bond donors (Lipinski definition) is 2. The van der Waals surface area contributed by atoms with Crippen molar-refractivity contribution >= 4 is 44.6 Å². The van der Waals surface area contributed by atoms with E-state index in [9.17, 15) is 8.42 Å². The van der Waals surface area contributed by atoms with Gasteiger partial charge in [-0.2, -0.15) is 0 Å². The molecule has 30 heavy (non-hydrogen) atoms. The van der Waals surface area contributed by atoms with Crippen LogP contribution >= 0.6 is 11.8 Å². The van der Waals surface area contributed by atoms with Crippen molar-refractivity contribution in [2.24, 2.45) is 0 Å². The predicted molar refractivity (Wildman–Crippen MR) is 125 cm³/mol. The fourth-order valence-electron chi connectivity index (χ4n) is 2.88. The molecule has 3 rings (SSSR count). The van der Waals surface area contributed by atoms with Crippen LogP contribution in [-0.2, 0) is 9.84 Å². The van der Waals surface area contributed by atoms with Gasteiger partial charge < -0.3 is 10.6 Å². The summed E-state index contributed by atoms with van der Waals surface area (Å²) in [5, 5.41) is 6.51. The number of nitrogens with zero attached hydrogens (tertiary/aromatic N) is 2. The number of sulfone groups is 1. The summed E-state index contributed by atoms with van der Waals surface area (Å²) in [6.07, 6.45) is 3.42. The van der Waals surface area contributed by atoms with Gasteiger partial charge in [0.05, 0.1) is 16.3 Å². The Hall–Kier alpha value is -2.58. The molecule has 1 heterocycles. The minimum atomic E-state index is -3.29. The van der Waals surface area contributed by atoms with Crippen LogP contribution in [0.2, 0.25) is 0 Å². The first-order chi connectivity index (χ1) is 14.3. The van der Waals surface area contributed by atoms with Crippen LogP contribution < -0.4 is 10.6 Å². The molecule has 3 aromatic rings. The molecule has 0 saturated carbocycles. The lowest BCUT2D eigenvalue weighted by Crippen LogP contribution is -2.05. The Morgan fingerprint density at radius 3 is 2.23 bits per heavy atom. The number of rotatable bonds is 8. The number of hydrogen-bond acceptors (Lipinski definition) is 7. The Morgan fingerprint density at radius 2 is 1.63 bits per heavy atom. The van der Waals surface area contributed by atoms with Crippen LogP contribution in [0.25, 0.3) is 0 Å². The maximum atomic E-state index is 12.3. The van der Waals surface area contributed by atoms with Gasteiger partial charge in [-0.3, -0.25) is 0 Å². The van der Waals surface area contributed by atoms with E-state index in [1.165, 1.54) is 23.7 Å². The highest BCUT2D eigenvalue weighted by Gasteiger charge is 2.14. The number of thioether (sulfide) groups is 1. The molecule has 0 unspecified atom stereocenters. The molecule has 158 valence electrons. The van der Waals surface area contributed by atoms with E-state index in [-0.39, 0.29) is 5.75 Å². The van der Waals surface area contributed by atoms with Gasteiger partial charge in [0, 0.05) is 16.6 Å². The van der Waals surface area contributed by atoms with Crippen molar-refractivity contribution in [1.82, 2.24) is 9.97 Å². The Balaban J connectivity index is 1.83. The standard InChI is InChI=1S/C22H26N4O2S2/c1-5-30(27,28)18-10-11-20(29-4)19(12-18)26-22-13-21(23-14-24-22)25-17-8-6-16(7-9-17)15(2)3/h6-15H,5H2,1-4H3,(H2,23,24,25,26). The maximum Gasteiger partial charge on any atom is 0.178 e. The van der Waals surface area contributed by atoms with E-state index < -0.39 is 9.84 Å². The van der Waals surface area contributed by atoms with Crippen molar-refractivity contribution in [2.45, 2.75) is 36.5 Å². The van der Waals surface area contributed by atoms with E-state index in [4.69, 9.17) is 0 Å². The van der Waals surface area contributed by atoms with E-state index in [0.29, 0.717) is 28.1 Å². The zero-order valence-corrected chi connectivity index (χ0v) is 19.1. The zero-order valence-electron chi connectivity index (χ0n) is 17.5. The monoisotopic (exact) mass is 442 g/mol. The van der Waals surface area contributed by atoms with E-state index in [1.807, 2.05) is 24.5 Å². The molecule has 0 aliphatic heterocycles. The lowest BCUT2D eigenvalue weighted by molar-refractivity contribution is 0.597. The van der Waals surface area contributed by atoms with Gasteiger partial charge in [-0.05, 0) is 48.1 Å². The summed E-state index contributed by atoms with van der Waals surface area (Å²) in [5.74, 6) is 1.76. The molecule has 1 aromatic heterocycles. The van der Waals surface area contributed by atoms with Gasteiger partial charge in [0.2, 0.25) is 0 Å². The lowest BCUT2D eigenvalue weighted by atomic mass is 10.0. The number of anilines is 4. The minimum Gasteiger partial charge on any atom is -0.340 e. The van der Waals surface area contributed by atoms with E-state index in [0.717, 1.165) is 10.6 Å². The number of aromatic nitrogens is 2. The molecular formula is C22H26N4O2S2. The highest BCUT2D eigenvalue weighted by atomic mass is 32.2. The Bertz CT molecular complexity index is 1110. The third-order valence-corrected chi connectivity index (χ3v) is 7.22. The largest absolute Gasteiger partial charge is 0.340 e. The highest BCUT2D eigenvalue weighted by molar-refractivity contribution is 7.98. The second kappa shape index (κ2) is 9.49. The summed E-state index contributed by atoms with van der Waals surface area (Å²) in [7, 11) is -3.29. The van der Waals surface area contributed by atoms with Gasteiger partial charge in [0.15, 0.2) is 9.84 Å². The molecule has 8 heteroatoms. The summed E-state index contributed by atoms with van der Waals surface area (Å²) in [6.45, 7) is 5.96. The molecule has 0 aliphatic rings. The summed E-state index contributed by atoms with van der Waals surface area (Å²) in [6, 6.07) is 15.1. The lowest BCUT2D eigenvalue weighted by Gasteiger charge is -2.13. The smallest absolute Gasteiger partial charge is 0.178 e. The SMILES string of the molecule is CCS(=O)(=O)c1ccc(SC)c(Nc2cc(Nc3ccc(C(C)C)cc3)ncn2)c1. The second-order valence-electron chi connectivity index (χ2n) is 7.08. The van der Waals surface area contributed by atoms with Crippen LogP contribution in [0.4, 0.5) is 23.0 Å². The van der Waals surface area contributed by atoms with Crippen LogP contribution in [0.15, 0.2) is 64.6 Å². The molecule has 2 N–H and O–H groups in total. The highest BCUT2D eigenvalue weighted by Crippen LogP contribution is 2.31. The van der Waals surface area contributed by atoms with E-state index in [1.54, 1.807) is 25.1 Å². The quantitative estimate of drug-likeness (QED) is 0.439. The maximum absolute atomic E-state index is 12.3. The fraction of sp³-hybridized carbons (Fsp3) is 0.273. The number of benzene rings is 2. The average Bonchev–Trinajstić information content (AvgIpc) is 2.74. The van der Waals surface area contributed by atoms with Crippen molar-refractivity contribution in [3.05, 3.63) is 60.4 Å². The molecular weight excluding hydrogens is 416 g/mol. The van der Waals surface area contributed by atoms with Crippen LogP contribution in [0.5, 0.6) is 0 Å². The normalized spacial score (nSPS) is 11.5. The van der Waals surface area contributed by atoms with Crippen molar-refractivity contribution in [2.75, 3.05) is 22.6 Å². The molecule has 0 fully saturated rings. The predicted octanol–water partition coefficient (Wildman–Crippen LogP) is 5.60. The molecule has 0 radical (unpaired) electrons. The summed E-state index contributed by atoms with van der Waals surface area (Å²) in [4.78, 5) is 9.79. The number of nitrogens with one attached hydrogen (secondary N) is 2. The Morgan fingerprint density at radius 1 is 0.967 bits per heavy atom.